The van der Waals surface area contributed by atoms with Crippen molar-refractivity contribution in [3.8, 4) is 22.7 Å². The van der Waals surface area contributed by atoms with Gasteiger partial charge in [-0.1, -0.05) is 32.0 Å². The number of pyridine rings is 1. The zero-order valence-electron chi connectivity index (χ0n) is 16.4. The second kappa shape index (κ2) is 8.03. The molecule has 0 aliphatic rings. The molecular formula is C24H22F2N2O. The van der Waals surface area contributed by atoms with E-state index in [0.29, 0.717) is 0 Å². The van der Waals surface area contributed by atoms with Gasteiger partial charge in [0.2, 0.25) is 0 Å². The molecular weight excluding hydrogens is 370 g/mol. The van der Waals surface area contributed by atoms with Crippen LogP contribution >= 0.6 is 0 Å². The monoisotopic (exact) mass is 392 g/mol. The summed E-state index contributed by atoms with van der Waals surface area (Å²) in [5.74, 6) is 0.142. The van der Waals surface area contributed by atoms with E-state index in [9.17, 15) is 8.78 Å². The van der Waals surface area contributed by atoms with Crippen LogP contribution in [0, 0.1) is 0 Å². The molecule has 0 N–H and O–H groups in total. The highest BCUT2D eigenvalue weighted by Gasteiger charge is 2.12. The van der Waals surface area contributed by atoms with Crippen molar-refractivity contribution in [3.05, 3.63) is 78.1 Å². The number of benzene rings is 2. The second-order valence-corrected chi connectivity index (χ2v) is 6.84. The molecule has 0 bridgehead atoms. The molecule has 4 rings (SSSR count). The average molecular weight is 392 g/mol. The number of rotatable bonds is 6. The van der Waals surface area contributed by atoms with Gasteiger partial charge in [-0.2, -0.15) is 8.78 Å². The highest BCUT2D eigenvalue weighted by atomic mass is 19.3. The summed E-state index contributed by atoms with van der Waals surface area (Å²) in [6, 6.07) is 17.2. The maximum Gasteiger partial charge on any atom is 0.387 e. The molecule has 0 aliphatic carbocycles. The summed E-state index contributed by atoms with van der Waals surface area (Å²) in [6.07, 6.45) is 5.75. The van der Waals surface area contributed by atoms with E-state index in [1.54, 1.807) is 24.3 Å². The first-order valence-corrected chi connectivity index (χ1v) is 9.74. The SMILES string of the molecule is CCc1cccc(CC)c1-c1cc2ccn(-c3ccc(OC(F)F)cc3)c2cn1. The number of hydrogen-bond donors (Lipinski definition) is 0. The van der Waals surface area contributed by atoms with Crippen LogP contribution in [-0.2, 0) is 12.8 Å². The van der Waals surface area contributed by atoms with Crippen LogP contribution < -0.4 is 4.74 Å². The molecule has 2 aromatic heterocycles. The lowest BCUT2D eigenvalue weighted by atomic mass is 9.94. The molecule has 0 fully saturated rings. The number of hydrogen-bond acceptors (Lipinski definition) is 2. The predicted molar refractivity (Wildman–Crippen MR) is 112 cm³/mol. The Morgan fingerprint density at radius 1 is 0.966 bits per heavy atom. The Hall–Kier alpha value is -3.21. The lowest BCUT2D eigenvalue weighted by Crippen LogP contribution is -2.02. The topological polar surface area (TPSA) is 27.1 Å². The predicted octanol–water partition coefficient (Wildman–Crippen LogP) is 6.42. The summed E-state index contributed by atoms with van der Waals surface area (Å²) >= 11 is 0. The van der Waals surface area contributed by atoms with Gasteiger partial charge in [-0.15, -0.1) is 0 Å². The first-order chi connectivity index (χ1) is 14.1. The summed E-state index contributed by atoms with van der Waals surface area (Å²) in [4.78, 5) is 4.76. The third kappa shape index (κ3) is 3.73. The molecule has 0 aliphatic heterocycles. The van der Waals surface area contributed by atoms with E-state index >= 15 is 0 Å². The van der Waals surface area contributed by atoms with Crippen LogP contribution in [0.25, 0.3) is 27.8 Å². The largest absolute Gasteiger partial charge is 0.435 e. The van der Waals surface area contributed by atoms with Crippen molar-refractivity contribution >= 4 is 10.9 Å². The number of ether oxygens (including phenoxy) is 1. The molecule has 0 radical (unpaired) electrons. The zero-order valence-corrected chi connectivity index (χ0v) is 16.4. The van der Waals surface area contributed by atoms with Crippen molar-refractivity contribution in [2.24, 2.45) is 0 Å². The minimum atomic E-state index is -2.82. The van der Waals surface area contributed by atoms with Gasteiger partial charge in [0, 0.05) is 22.8 Å². The Morgan fingerprint density at radius 2 is 1.66 bits per heavy atom. The Kier molecular flexibility index (Phi) is 5.30. The fraction of sp³-hybridized carbons (Fsp3) is 0.208. The van der Waals surface area contributed by atoms with Crippen molar-refractivity contribution in [2.75, 3.05) is 0 Å². The summed E-state index contributed by atoms with van der Waals surface area (Å²) in [7, 11) is 0. The van der Waals surface area contributed by atoms with Crippen molar-refractivity contribution < 1.29 is 13.5 Å². The van der Waals surface area contributed by atoms with Gasteiger partial charge in [0.1, 0.15) is 5.75 Å². The third-order valence-corrected chi connectivity index (χ3v) is 5.17. The minimum absolute atomic E-state index is 0.142. The van der Waals surface area contributed by atoms with E-state index < -0.39 is 6.61 Å². The van der Waals surface area contributed by atoms with Gasteiger partial charge in [-0.25, -0.2) is 0 Å². The van der Waals surface area contributed by atoms with Gasteiger partial charge < -0.3 is 9.30 Å². The number of aromatic nitrogens is 2. The molecule has 0 amide bonds. The fourth-order valence-corrected chi connectivity index (χ4v) is 3.76. The van der Waals surface area contributed by atoms with Gasteiger partial charge >= 0.3 is 6.61 Å². The van der Waals surface area contributed by atoms with Gasteiger partial charge in [-0.05, 0) is 60.4 Å². The van der Waals surface area contributed by atoms with E-state index in [1.807, 2.05) is 23.0 Å². The summed E-state index contributed by atoms with van der Waals surface area (Å²) in [6.45, 7) is 1.50. The van der Waals surface area contributed by atoms with Gasteiger partial charge in [-0.3, -0.25) is 4.98 Å². The minimum Gasteiger partial charge on any atom is -0.435 e. The van der Waals surface area contributed by atoms with Crippen LogP contribution in [0.15, 0.2) is 67.0 Å². The first kappa shape index (κ1) is 19.1. The molecule has 2 aromatic carbocycles. The average Bonchev–Trinajstić information content (AvgIpc) is 3.16. The lowest BCUT2D eigenvalue weighted by Gasteiger charge is -2.13. The van der Waals surface area contributed by atoms with E-state index in [-0.39, 0.29) is 5.75 Å². The highest BCUT2D eigenvalue weighted by Crippen LogP contribution is 2.31. The molecule has 4 aromatic rings. The van der Waals surface area contributed by atoms with Crippen LogP contribution in [0.2, 0.25) is 0 Å². The molecule has 0 spiro atoms. The van der Waals surface area contributed by atoms with Gasteiger partial charge in [0.15, 0.2) is 0 Å². The third-order valence-electron chi connectivity index (χ3n) is 5.17. The van der Waals surface area contributed by atoms with Crippen molar-refractivity contribution in [3.63, 3.8) is 0 Å². The van der Waals surface area contributed by atoms with E-state index in [0.717, 1.165) is 35.1 Å². The highest BCUT2D eigenvalue weighted by molar-refractivity contribution is 5.86. The van der Waals surface area contributed by atoms with Gasteiger partial charge in [0.25, 0.3) is 0 Å². The fourth-order valence-electron chi connectivity index (χ4n) is 3.76. The quantitative estimate of drug-likeness (QED) is 0.379. The maximum atomic E-state index is 12.4. The van der Waals surface area contributed by atoms with E-state index in [2.05, 4.69) is 42.8 Å². The standard InChI is InChI=1S/C24H22F2N2O/c1-3-16-6-5-7-17(4-2)23(16)21-14-18-12-13-28(22(18)15-27-21)19-8-10-20(11-9-19)29-24(25)26/h5-15,24H,3-4H2,1-2H3. The molecule has 29 heavy (non-hydrogen) atoms. The van der Waals surface area contributed by atoms with Gasteiger partial charge in [0.05, 0.1) is 17.4 Å². The Morgan fingerprint density at radius 3 is 2.28 bits per heavy atom. The Bertz CT molecular complexity index is 1110. The Labute approximate surface area is 168 Å². The normalized spacial score (nSPS) is 11.3. The summed E-state index contributed by atoms with van der Waals surface area (Å²) in [5.41, 5.74) is 6.61. The lowest BCUT2D eigenvalue weighted by molar-refractivity contribution is -0.0498. The van der Waals surface area contributed by atoms with Crippen LogP contribution in [0.1, 0.15) is 25.0 Å². The molecule has 0 atom stereocenters. The number of nitrogens with zero attached hydrogens (tertiary/aromatic N) is 2. The van der Waals surface area contributed by atoms with Crippen LogP contribution in [0.5, 0.6) is 5.75 Å². The molecule has 0 saturated heterocycles. The van der Waals surface area contributed by atoms with Crippen LogP contribution in [0.3, 0.4) is 0 Å². The smallest absolute Gasteiger partial charge is 0.387 e. The van der Waals surface area contributed by atoms with Crippen LogP contribution in [0.4, 0.5) is 8.78 Å². The summed E-state index contributed by atoms with van der Waals surface area (Å²) < 4.78 is 31.1. The first-order valence-electron chi connectivity index (χ1n) is 9.74. The number of alkyl halides is 2. The number of aryl methyl sites for hydroxylation is 2. The number of fused-ring (bicyclic) bond motifs is 1. The zero-order chi connectivity index (χ0) is 20.4. The molecule has 0 saturated carbocycles. The molecule has 2 heterocycles. The van der Waals surface area contributed by atoms with Crippen molar-refractivity contribution in [1.82, 2.24) is 9.55 Å². The second-order valence-electron chi connectivity index (χ2n) is 6.84. The van der Waals surface area contributed by atoms with Crippen molar-refractivity contribution in [2.45, 2.75) is 33.3 Å². The maximum absolute atomic E-state index is 12.4. The molecule has 3 nitrogen and oxygen atoms in total. The summed E-state index contributed by atoms with van der Waals surface area (Å²) in [5, 5.41) is 1.08. The molecule has 148 valence electrons. The van der Waals surface area contributed by atoms with Crippen LogP contribution in [-0.4, -0.2) is 16.2 Å². The Balaban J connectivity index is 1.74. The van der Waals surface area contributed by atoms with Crippen molar-refractivity contribution in [1.29, 1.82) is 0 Å². The van der Waals surface area contributed by atoms with E-state index in [4.69, 9.17) is 4.98 Å². The molecule has 0 unspecified atom stereocenters. The molecule has 5 heteroatoms. The van der Waals surface area contributed by atoms with E-state index in [1.165, 1.54) is 16.7 Å². The number of halogens is 2.